The lowest BCUT2D eigenvalue weighted by atomic mass is 10.0. The second-order valence-corrected chi connectivity index (χ2v) is 3.88. The largest absolute Gasteiger partial charge is 0.352 e. The Morgan fingerprint density at radius 3 is 2.65 bits per heavy atom. The van der Waals surface area contributed by atoms with Crippen molar-refractivity contribution >= 4 is 5.91 Å². The first-order chi connectivity index (χ1) is 8.25. The molecule has 2 aromatic carbocycles. The number of benzene rings is 2. The average Bonchev–Trinajstić information content (AvgIpc) is 2.38. The van der Waals surface area contributed by atoms with E-state index in [9.17, 15) is 4.79 Å². The van der Waals surface area contributed by atoms with Crippen molar-refractivity contribution in [3.05, 3.63) is 60.2 Å². The van der Waals surface area contributed by atoms with Crippen molar-refractivity contribution in [1.82, 2.24) is 5.32 Å². The van der Waals surface area contributed by atoms with Gasteiger partial charge in [-0.05, 0) is 28.8 Å². The second-order valence-electron chi connectivity index (χ2n) is 3.88. The monoisotopic (exact) mass is 224 g/mol. The zero-order valence-corrected chi connectivity index (χ0v) is 9.73. The van der Waals surface area contributed by atoms with E-state index in [0.717, 1.165) is 11.1 Å². The fourth-order valence-corrected chi connectivity index (χ4v) is 1.65. The number of carbonyl (C=O) groups excluding carboxylic acids is 1. The Labute approximate surface area is 101 Å². The van der Waals surface area contributed by atoms with Crippen LogP contribution in [0.25, 0.3) is 11.1 Å². The van der Waals surface area contributed by atoms with E-state index in [4.69, 9.17) is 0 Å². The van der Waals surface area contributed by atoms with Gasteiger partial charge in [0.25, 0.3) is 0 Å². The molecule has 0 spiro atoms. The standard InChI is InChI=1S/C15H14NO/c1-12(17)16-11-13-6-5-9-15(10-13)14-7-3-2-4-8-14/h2-5,7-10H,11H2,1H3,(H,16,17). The molecule has 2 nitrogen and oxygen atoms in total. The zero-order valence-electron chi connectivity index (χ0n) is 9.73. The van der Waals surface area contributed by atoms with Gasteiger partial charge in [0.1, 0.15) is 0 Å². The normalized spacial score (nSPS) is 9.94. The molecule has 1 N–H and O–H groups in total. The van der Waals surface area contributed by atoms with E-state index < -0.39 is 0 Å². The molecule has 85 valence electrons. The summed E-state index contributed by atoms with van der Waals surface area (Å²) in [5, 5.41) is 2.77. The van der Waals surface area contributed by atoms with Crippen LogP contribution >= 0.6 is 0 Å². The van der Waals surface area contributed by atoms with Crippen molar-refractivity contribution in [2.45, 2.75) is 13.5 Å². The van der Waals surface area contributed by atoms with Gasteiger partial charge >= 0.3 is 0 Å². The summed E-state index contributed by atoms with van der Waals surface area (Å²) in [4.78, 5) is 10.8. The molecule has 0 aromatic heterocycles. The molecular weight excluding hydrogens is 210 g/mol. The number of nitrogens with one attached hydrogen (secondary N) is 1. The molecule has 0 aliphatic heterocycles. The quantitative estimate of drug-likeness (QED) is 0.853. The van der Waals surface area contributed by atoms with Crippen LogP contribution in [-0.4, -0.2) is 5.91 Å². The van der Waals surface area contributed by atoms with Crippen LogP contribution in [0, 0.1) is 6.07 Å². The Morgan fingerprint density at radius 2 is 1.94 bits per heavy atom. The van der Waals surface area contributed by atoms with Crippen molar-refractivity contribution in [3.8, 4) is 11.1 Å². The topological polar surface area (TPSA) is 29.1 Å². The Bertz CT molecular complexity index is 505. The molecule has 0 saturated carbocycles. The van der Waals surface area contributed by atoms with E-state index in [-0.39, 0.29) is 5.91 Å². The Balaban J connectivity index is 2.20. The van der Waals surface area contributed by atoms with Gasteiger partial charge in [0.15, 0.2) is 0 Å². The summed E-state index contributed by atoms with van der Waals surface area (Å²) < 4.78 is 0. The van der Waals surface area contributed by atoms with Gasteiger partial charge in [-0.15, -0.1) is 0 Å². The van der Waals surface area contributed by atoms with E-state index >= 15 is 0 Å². The lowest BCUT2D eigenvalue weighted by Crippen LogP contribution is -2.18. The number of hydrogen-bond donors (Lipinski definition) is 1. The van der Waals surface area contributed by atoms with Gasteiger partial charge in [0, 0.05) is 13.5 Å². The molecule has 2 aromatic rings. The van der Waals surface area contributed by atoms with Gasteiger partial charge in [-0.1, -0.05) is 42.5 Å². The predicted octanol–water partition coefficient (Wildman–Crippen LogP) is 2.79. The molecule has 0 saturated heterocycles. The number of carbonyl (C=O) groups is 1. The van der Waals surface area contributed by atoms with Crippen LogP contribution in [0.2, 0.25) is 0 Å². The van der Waals surface area contributed by atoms with Crippen LogP contribution in [0.4, 0.5) is 0 Å². The van der Waals surface area contributed by atoms with Crippen LogP contribution in [0.15, 0.2) is 48.5 Å². The smallest absolute Gasteiger partial charge is 0.217 e. The summed E-state index contributed by atoms with van der Waals surface area (Å²) in [5.74, 6) is -0.0245. The van der Waals surface area contributed by atoms with Gasteiger partial charge in [-0.2, -0.15) is 0 Å². The summed E-state index contributed by atoms with van der Waals surface area (Å²) >= 11 is 0. The molecule has 1 radical (unpaired) electrons. The molecule has 2 heteroatoms. The van der Waals surface area contributed by atoms with Gasteiger partial charge in [0.05, 0.1) is 0 Å². The predicted molar refractivity (Wildman–Crippen MR) is 68.2 cm³/mol. The molecule has 1 amide bonds. The van der Waals surface area contributed by atoms with Crippen LogP contribution in [0.5, 0.6) is 0 Å². The van der Waals surface area contributed by atoms with Gasteiger partial charge in [-0.25, -0.2) is 0 Å². The van der Waals surface area contributed by atoms with Crippen molar-refractivity contribution < 1.29 is 4.79 Å². The molecule has 0 fully saturated rings. The van der Waals surface area contributed by atoms with Gasteiger partial charge < -0.3 is 5.32 Å². The Hall–Kier alpha value is -2.09. The fourth-order valence-electron chi connectivity index (χ4n) is 1.65. The van der Waals surface area contributed by atoms with Crippen LogP contribution in [0.3, 0.4) is 0 Å². The molecule has 0 atom stereocenters. The maximum absolute atomic E-state index is 10.8. The van der Waals surface area contributed by atoms with E-state index in [1.807, 2.05) is 36.4 Å². The van der Waals surface area contributed by atoms with Crippen LogP contribution in [0.1, 0.15) is 12.5 Å². The molecule has 0 unspecified atom stereocenters. The van der Waals surface area contributed by atoms with Crippen molar-refractivity contribution in [2.75, 3.05) is 0 Å². The highest BCUT2D eigenvalue weighted by molar-refractivity contribution is 5.73. The first kappa shape index (κ1) is 11.4. The SMILES string of the molecule is CC(=O)NCc1[c]ccc(-c2ccccc2)c1. The molecule has 0 aliphatic rings. The lowest BCUT2D eigenvalue weighted by molar-refractivity contribution is -0.119. The van der Waals surface area contributed by atoms with Gasteiger partial charge in [0.2, 0.25) is 5.91 Å². The highest BCUT2D eigenvalue weighted by Crippen LogP contribution is 2.19. The summed E-state index contributed by atoms with van der Waals surface area (Å²) in [6, 6.07) is 19.2. The minimum atomic E-state index is -0.0245. The molecule has 0 aliphatic carbocycles. The van der Waals surface area contributed by atoms with E-state index in [1.165, 1.54) is 12.5 Å². The fraction of sp³-hybridized carbons (Fsp3) is 0.133. The van der Waals surface area contributed by atoms with Crippen LogP contribution < -0.4 is 5.32 Å². The highest BCUT2D eigenvalue weighted by Gasteiger charge is 1.99. The van der Waals surface area contributed by atoms with Gasteiger partial charge in [-0.3, -0.25) is 4.79 Å². The molecule has 17 heavy (non-hydrogen) atoms. The maximum atomic E-state index is 10.8. The van der Waals surface area contributed by atoms with E-state index in [0.29, 0.717) is 6.54 Å². The summed E-state index contributed by atoms with van der Waals surface area (Å²) in [7, 11) is 0. The second kappa shape index (κ2) is 5.30. The molecule has 0 heterocycles. The Morgan fingerprint density at radius 1 is 1.18 bits per heavy atom. The van der Waals surface area contributed by atoms with Crippen molar-refractivity contribution in [2.24, 2.45) is 0 Å². The van der Waals surface area contributed by atoms with Crippen molar-refractivity contribution in [1.29, 1.82) is 0 Å². The third kappa shape index (κ3) is 3.18. The zero-order chi connectivity index (χ0) is 12.1. The summed E-state index contributed by atoms with van der Waals surface area (Å²) in [6.45, 7) is 2.04. The number of hydrogen-bond acceptors (Lipinski definition) is 1. The van der Waals surface area contributed by atoms with Crippen LogP contribution in [-0.2, 0) is 11.3 Å². The van der Waals surface area contributed by atoms with E-state index in [2.05, 4.69) is 23.5 Å². The highest BCUT2D eigenvalue weighted by atomic mass is 16.1. The first-order valence-electron chi connectivity index (χ1n) is 5.56. The van der Waals surface area contributed by atoms with E-state index in [1.54, 1.807) is 0 Å². The third-order valence-corrected chi connectivity index (χ3v) is 2.50. The maximum Gasteiger partial charge on any atom is 0.217 e. The lowest BCUT2D eigenvalue weighted by Gasteiger charge is -2.05. The Kier molecular flexibility index (Phi) is 3.55. The third-order valence-electron chi connectivity index (χ3n) is 2.50. The summed E-state index contributed by atoms with van der Waals surface area (Å²) in [6.07, 6.45) is 0. The summed E-state index contributed by atoms with van der Waals surface area (Å²) in [5.41, 5.74) is 3.30. The minimum Gasteiger partial charge on any atom is -0.352 e. The molecule has 2 rings (SSSR count). The molecular formula is C15H14NO. The number of rotatable bonds is 3. The minimum absolute atomic E-state index is 0.0245. The van der Waals surface area contributed by atoms with Crippen molar-refractivity contribution in [3.63, 3.8) is 0 Å². The first-order valence-corrected chi connectivity index (χ1v) is 5.56. The molecule has 0 bridgehead atoms. The average molecular weight is 224 g/mol. The number of amides is 1.